The molecule has 2 rings (SSSR count). The molecule has 1 aromatic carbocycles. The number of carbonyl (C=O) groups excluding carboxylic acids is 3. The fraction of sp³-hybridized carbons (Fsp3) is 0.609. The average Bonchev–Trinajstić information content (AvgIpc) is 2.69. The van der Waals surface area contributed by atoms with E-state index >= 15 is 0 Å². The molecule has 0 spiro atoms. The first kappa shape index (κ1) is 26.3. The number of anilines is 1. The second kappa shape index (κ2) is 11.8. The molecule has 0 atom stereocenters. The number of nitrogens with zero attached hydrogens (tertiary/aromatic N) is 2. The van der Waals surface area contributed by atoms with Gasteiger partial charge < -0.3 is 19.9 Å². The molecule has 9 heteroatoms. The van der Waals surface area contributed by atoms with E-state index in [-0.39, 0.29) is 30.4 Å². The van der Waals surface area contributed by atoms with Crippen molar-refractivity contribution in [3.05, 3.63) is 28.2 Å². The lowest BCUT2D eigenvalue weighted by atomic mass is 9.93. The molecule has 1 N–H and O–H groups in total. The number of piperidine rings is 1. The Balaban J connectivity index is 1.86. The molecule has 1 heterocycles. The number of amides is 3. The van der Waals surface area contributed by atoms with Gasteiger partial charge in [-0.25, -0.2) is 4.79 Å². The van der Waals surface area contributed by atoms with Crippen LogP contribution in [0.5, 0.6) is 0 Å². The number of ether oxygens (including phenoxy) is 1. The third-order valence-electron chi connectivity index (χ3n) is 5.12. The maximum atomic E-state index is 12.9. The summed E-state index contributed by atoms with van der Waals surface area (Å²) in [4.78, 5) is 40.9. The van der Waals surface area contributed by atoms with E-state index in [9.17, 15) is 14.4 Å². The lowest BCUT2D eigenvalue weighted by Crippen LogP contribution is -2.43. The molecule has 0 saturated carbocycles. The molecule has 3 amide bonds. The minimum absolute atomic E-state index is 0.0393. The Hall–Kier alpha value is -1.99. The Labute approximate surface area is 200 Å². The molecule has 32 heavy (non-hydrogen) atoms. The quantitative estimate of drug-likeness (QED) is 0.574. The topological polar surface area (TPSA) is 79.0 Å². The van der Waals surface area contributed by atoms with Crippen LogP contribution in [0.15, 0.2) is 18.2 Å². The van der Waals surface area contributed by atoms with Gasteiger partial charge in [-0.1, -0.05) is 30.1 Å². The predicted molar refractivity (Wildman–Crippen MR) is 127 cm³/mol. The van der Waals surface area contributed by atoms with Gasteiger partial charge in [0.2, 0.25) is 11.8 Å². The summed E-state index contributed by atoms with van der Waals surface area (Å²) >= 11 is 12.0. The summed E-state index contributed by atoms with van der Waals surface area (Å²) in [6.07, 6.45) is 2.26. The normalized spacial score (nSPS) is 14.8. The fourth-order valence-electron chi connectivity index (χ4n) is 3.54. The number of halogens is 2. The molecule has 1 fully saturated rings. The highest BCUT2D eigenvalue weighted by Gasteiger charge is 2.29. The van der Waals surface area contributed by atoms with Crippen molar-refractivity contribution in [1.82, 2.24) is 9.80 Å². The van der Waals surface area contributed by atoms with Gasteiger partial charge in [-0.15, -0.1) is 0 Å². The lowest BCUT2D eigenvalue weighted by Gasteiger charge is -2.34. The summed E-state index contributed by atoms with van der Waals surface area (Å²) in [7, 11) is 0. The number of nitrogens with one attached hydrogen (secondary N) is 1. The predicted octanol–water partition coefficient (Wildman–Crippen LogP) is 5.21. The molecule has 0 bridgehead atoms. The first-order valence-electron chi connectivity index (χ1n) is 11.0. The van der Waals surface area contributed by atoms with E-state index in [1.165, 1.54) is 0 Å². The first-order chi connectivity index (χ1) is 15.0. The Kier molecular flexibility index (Phi) is 9.64. The minimum Gasteiger partial charge on any atom is -0.444 e. The van der Waals surface area contributed by atoms with Gasteiger partial charge in [-0.05, 0) is 64.2 Å². The number of carbonyl (C=O) groups is 3. The molecule has 0 aromatic heterocycles. The second-order valence-electron chi connectivity index (χ2n) is 9.10. The van der Waals surface area contributed by atoms with E-state index in [0.717, 1.165) is 19.3 Å². The molecule has 0 radical (unpaired) electrons. The van der Waals surface area contributed by atoms with Crippen LogP contribution in [0, 0.1) is 5.92 Å². The molecule has 1 saturated heterocycles. The smallest absolute Gasteiger partial charge is 0.410 e. The van der Waals surface area contributed by atoms with Gasteiger partial charge in [0, 0.05) is 31.1 Å². The molecular formula is C23H33Cl2N3O4. The minimum atomic E-state index is -0.526. The van der Waals surface area contributed by atoms with Crippen LogP contribution in [0.2, 0.25) is 10.0 Å². The van der Waals surface area contributed by atoms with E-state index in [1.807, 2.05) is 27.7 Å². The van der Waals surface area contributed by atoms with Crippen LogP contribution in [0.1, 0.15) is 53.4 Å². The Morgan fingerprint density at radius 3 is 2.41 bits per heavy atom. The summed E-state index contributed by atoms with van der Waals surface area (Å²) in [5.41, 5.74) is -0.0686. The Morgan fingerprint density at radius 2 is 1.84 bits per heavy atom. The largest absolute Gasteiger partial charge is 0.444 e. The maximum Gasteiger partial charge on any atom is 0.410 e. The van der Waals surface area contributed by atoms with Crippen molar-refractivity contribution >= 4 is 46.8 Å². The molecule has 1 aliphatic heterocycles. The highest BCUT2D eigenvalue weighted by Crippen LogP contribution is 2.26. The SMILES string of the molecule is CCCN(CC(=O)Nc1ccc(Cl)cc1Cl)C(=O)CC1CCN(C(=O)OC(C)(C)C)CC1. The second-order valence-corrected chi connectivity index (χ2v) is 9.95. The number of hydrogen-bond acceptors (Lipinski definition) is 4. The average molecular weight is 486 g/mol. The molecule has 1 aromatic rings. The van der Waals surface area contributed by atoms with E-state index < -0.39 is 5.60 Å². The third-order valence-corrected chi connectivity index (χ3v) is 5.66. The van der Waals surface area contributed by atoms with Gasteiger partial charge in [0.1, 0.15) is 5.60 Å². The van der Waals surface area contributed by atoms with Crippen molar-refractivity contribution in [3.63, 3.8) is 0 Å². The molecule has 0 unspecified atom stereocenters. The monoisotopic (exact) mass is 485 g/mol. The zero-order valence-electron chi connectivity index (χ0n) is 19.2. The summed E-state index contributed by atoms with van der Waals surface area (Å²) in [6, 6.07) is 4.83. The van der Waals surface area contributed by atoms with Gasteiger partial charge in [0.15, 0.2) is 0 Å². The van der Waals surface area contributed by atoms with Gasteiger partial charge >= 0.3 is 6.09 Å². The van der Waals surface area contributed by atoms with Crippen molar-refractivity contribution in [2.75, 3.05) is 31.5 Å². The van der Waals surface area contributed by atoms with Crippen LogP contribution < -0.4 is 5.32 Å². The number of rotatable bonds is 7. The standard InChI is InChI=1S/C23H33Cl2N3O4/c1-5-10-28(15-20(29)26-19-7-6-17(24)14-18(19)25)21(30)13-16-8-11-27(12-9-16)22(31)32-23(2,3)4/h6-7,14,16H,5,8-13,15H2,1-4H3,(H,26,29). The first-order valence-corrected chi connectivity index (χ1v) is 11.7. The lowest BCUT2D eigenvalue weighted by molar-refractivity contribution is -0.135. The van der Waals surface area contributed by atoms with Crippen molar-refractivity contribution in [2.45, 2.75) is 59.0 Å². The van der Waals surface area contributed by atoms with Crippen molar-refractivity contribution in [2.24, 2.45) is 5.92 Å². The zero-order valence-corrected chi connectivity index (χ0v) is 20.8. The van der Waals surface area contributed by atoms with Gasteiger partial charge in [0.05, 0.1) is 17.3 Å². The fourth-order valence-corrected chi connectivity index (χ4v) is 3.99. The van der Waals surface area contributed by atoms with Gasteiger partial charge in [-0.2, -0.15) is 0 Å². The highest BCUT2D eigenvalue weighted by molar-refractivity contribution is 6.36. The van der Waals surface area contributed by atoms with E-state index in [4.69, 9.17) is 27.9 Å². The Bertz CT molecular complexity index is 818. The van der Waals surface area contributed by atoms with Crippen LogP contribution in [-0.4, -0.2) is 59.5 Å². The third kappa shape index (κ3) is 8.51. The Morgan fingerprint density at radius 1 is 1.19 bits per heavy atom. The van der Waals surface area contributed by atoms with Crippen molar-refractivity contribution < 1.29 is 19.1 Å². The van der Waals surface area contributed by atoms with Gasteiger partial charge in [0.25, 0.3) is 0 Å². The van der Waals surface area contributed by atoms with Gasteiger partial charge in [-0.3, -0.25) is 9.59 Å². The molecular weight excluding hydrogens is 453 g/mol. The van der Waals surface area contributed by atoms with Crippen LogP contribution in [-0.2, 0) is 14.3 Å². The summed E-state index contributed by atoms with van der Waals surface area (Å²) in [6.45, 7) is 9.08. The highest BCUT2D eigenvalue weighted by atomic mass is 35.5. The van der Waals surface area contributed by atoms with Crippen LogP contribution in [0.3, 0.4) is 0 Å². The number of likely N-dealkylation sites (tertiary alicyclic amines) is 1. The molecule has 7 nitrogen and oxygen atoms in total. The summed E-state index contributed by atoms with van der Waals surface area (Å²) in [5, 5.41) is 3.56. The van der Waals surface area contributed by atoms with Crippen molar-refractivity contribution in [3.8, 4) is 0 Å². The molecule has 1 aliphatic rings. The molecule has 178 valence electrons. The van der Waals surface area contributed by atoms with Crippen LogP contribution in [0.25, 0.3) is 0 Å². The van der Waals surface area contributed by atoms with Crippen molar-refractivity contribution in [1.29, 1.82) is 0 Å². The molecule has 0 aliphatic carbocycles. The van der Waals surface area contributed by atoms with Crippen LogP contribution >= 0.6 is 23.2 Å². The summed E-state index contributed by atoms with van der Waals surface area (Å²) < 4.78 is 5.42. The number of hydrogen-bond donors (Lipinski definition) is 1. The van der Waals surface area contributed by atoms with Crippen LogP contribution in [0.4, 0.5) is 10.5 Å². The zero-order chi connectivity index (χ0) is 23.9. The number of benzene rings is 1. The maximum absolute atomic E-state index is 12.9. The van der Waals surface area contributed by atoms with E-state index in [0.29, 0.717) is 41.8 Å². The van der Waals surface area contributed by atoms with E-state index in [2.05, 4.69) is 5.32 Å². The summed E-state index contributed by atoms with van der Waals surface area (Å²) in [5.74, 6) is -0.190. The van der Waals surface area contributed by atoms with E-state index in [1.54, 1.807) is 28.0 Å².